The number of hydrogen-bond donors (Lipinski definition) is 1. The first-order valence-corrected chi connectivity index (χ1v) is 16.1. The van der Waals surface area contributed by atoms with Crippen LogP contribution < -0.4 is 34.4 Å². The van der Waals surface area contributed by atoms with Crippen molar-refractivity contribution in [2.45, 2.75) is 26.5 Å². The SMILES string of the molecule is CCOc1ccc([C@H]2C(C(=O)Nc3ccccc3)=C(C)N=c3s/c(=C\c4cccc(OC)c4OCc4ccc(C#N)cc4)c(=O)n32)cc1. The maximum absolute atomic E-state index is 14.3. The Balaban J connectivity index is 1.44. The van der Waals surface area contributed by atoms with Gasteiger partial charge in [0.1, 0.15) is 12.4 Å². The summed E-state index contributed by atoms with van der Waals surface area (Å²) in [6.07, 6.45) is 1.76. The quantitative estimate of drug-likeness (QED) is 0.205. The Labute approximate surface area is 281 Å². The van der Waals surface area contributed by atoms with Gasteiger partial charge in [0.25, 0.3) is 11.5 Å². The van der Waals surface area contributed by atoms with E-state index in [1.807, 2.05) is 85.8 Å². The third kappa shape index (κ3) is 6.63. The van der Waals surface area contributed by atoms with Gasteiger partial charge in [-0.15, -0.1) is 0 Å². The maximum atomic E-state index is 14.3. The first kappa shape index (κ1) is 32.0. The van der Waals surface area contributed by atoms with E-state index in [1.54, 1.807) is 42.9 Å². The summed E-state index contributed by atoms with van der Waals surface area (Å²) < 4.78 is 19.5. The van der Waals surface area contributed by atoms with Gasteiger partial charge in [0.2, 0.25) is 0 Å². The van der Waals surface area contributed by atoms with Crippen molar-refractivity contribution in [3.05, 3.63) is 150 Å². The van der Waals surface area contributed by atoms with Gasteiger partial charge in [-0.1, -0.05) is 65.9 Å². The van der Waals surface area contributed by atoms with Crippen LogP contribution >= 0.6 is 11.3 Å². The third-order valence-corrected chi connectivity index (χ3v) is 8.77. The van der Waals surface area contributed by atoms with Crippen molar-refractivity contribution in [1.29, 1.82) is 5.26 Å². The van der Waals surface area contributed by atoms with Crippen molar-refractivity contribution < 1.29 is 19.0 Å². The molecular formula is C38H32N4O5S. The molecule has 1 N–H and O–H groups in total. The lowest BCUT2D eigenvalue weighted by Crippen LogP contribution is -2.40. The molecule has 6 rings (SSSR count). The van der Waals surface area contributed by atoms with Crippen LogP contribution in [0.5, 0.6) is 17.2 Å². The Morgan fingerprint density at radius 3 is 2.44 bits per heavy atom. The van der Waals surface area contributed by atoms with Gasteiger partial charge in [0.15, 0.2) is 16.3 Å². The molecule has 0 saturated heterocycles. The summed E-state index contributed by atoms with van der Waals surface area (Å²) in [6, 6.07) is 30.6. The first-order valence-electron chi connectivity index (χ1n) is 15.3. The normalized spacial score (nSPS) is 14.0. The van der Waals surface area contributed by atoms with E-state index >= 15 is 0 Å². The molecule has 0 saturated carbocycles. The topological polar surface area (TPSA) is 115 Å². The summed E-state index contributed by atoms with van der Waals surface area (Å²) in [4.78, 5) is 33.4. The molecule has 1 aromatic heterocycles. The highest BCUT2D eigenvalue weighted by Crippen LogP contribution is 2.34. The minimum Gasteiger partial charge on any atom is -0.494 e. The number of nitriles is 1. The molecule has 0 aliphatic carbocycles. The van der Waals surface area contributed by atoms with E-state index < -0.39 is 6.04 Å². The van der Waals surface area contributed by atoms with Crippen molar-refractivity contribution in [3.8, 4) is 23.3 Å². The number of benzene rings is 4. The number of thiazole rings is 1. The number of allylic oxidation sites excluding steroid dienone is 1. The number of nitrogens with zero attached hydrogens (tertiary/aromatic N) is 3. The van der Waals surface area contributed by atoms with Crippen LogP contribution in [0.1, 0.15) is 42.1 Å². The van der Waals surface area contributed by atoms with E-state index in [1.165, 1.54) is 11.3 Å². The number of anilines is 1. The zero-order valence-electron chi connectivity index (χ0n) is 26.6. The lowest BCUT2D eigenvalue weighted by Gasteiger charge is -2.25. The molecular weight excluding hydrogens is 625 g/mol. The molecule has 1 aliphatic heterocycles. The highest BCUT2D eigenvalue weighted by Gasteiger charge is 2.32. The van der Waals surface area contributed by atoms with E-state index in [9.17, 15) is 9.59 Å². The number of aromatic nitrogens is 1. The molecule has 48 heavy (non-hydrogen) atoms. The number of carbonyl (C=O) groups excluding carboxylic acids is 1. The lowest BCUT2D eigenvalue weighted by molar-refractivity contribution is -0.113. The average molecular weight is 657 g/mol. The molecule has 1 amide bonds. The molecule has 4 aromatic carbocycles. The number of carbonyl (C=O) groups is 1. The van der Waals surface area contributed by atoms with Crippen LogP contribution in [-0.2, 0) is 11.4 Å². The van der Waals surface area contributed by atoms with E-state index in [4.69, 9.17) is 24.5 Å². The number of methoxy groups -OCH3 is 1. The number of hydrogen-bond acceptors (Lipinski definition) is 8. The first-order chi connectivity index (χ1) is 23.4. The van der Waals surface area contributed by atoms with Gasteiger partial charge in [-0.25, -0.2) is 4.99 Å². The minimum absolute atomic E-state index is 0.227. The molecule has 0 unspecified atom stereocenters. The van der Waals surface area contributed by atoms with Crippen LogP contribution in [0.3, 0.4) is 0 Å². The van der Waals surface area contributed by atoms with E-state index in [0.29, 0.717) is 61.3 Å². The van der Waals surface area contributed by atoms with Crippen LogP contribution in [0.2, 0.25) is 0 Å². The Hall–Kier alpha value is -5.92. The second-order valence-corrected chi connectivity index (χ2v) is 11.9. The van der Waals surface area contributed by atoms with Gasteiger partial charge in [0, 0.05) is 11.3 Å². The number of amides is 1. The van der Waals surface area contributed by atoms with Gasteiger partial charge >= 0.3 is 0 Å². The van der Waals surface area contributed by atoms with Crippen molar-refractivity contribution in [2.75, 3.05) is 19.0 Å². The van der Waals surface area contributed by atoms with Gasteiger partial charge in [-0.2, -0.15) is 5.26 Å². The fraction of sp³-hybridized carbons (Fsp3) is 0.158. The predicted molar refractivity (Wildman–Crippen MR) is 185 cm³/mol. The highest BCUT2D eigenvalue weighted by atomic mass is 32.1. The molecule has 0 radical (unpaired) electrons. The number of rotatable bonds is 10. The third-order valence-electron chi connectivity index (χ3n) is 7.79. The number of ether oxygens (including phenoxy) is 3. The average Bonchev–Trinajstić information content (AvgIpc) is 3.41. The standard InChI is InChI=1S/C38H32N4O5S/c1-4-46-30-19-17-27(18-20-30)34-33(36(43)41-29-10-6-5-7-11-29)24(2)40-38-42(34)37(44)32(48-38)21-28-9-8-12-31(45-3)35(28)47-23-26-15-13-25(22-39)14-16-26/h5-21,34H,4,23H2,1-3H3,(H,41,43)/b32-21-/t34-/m0/s1. The predicted octanol–water partition coefficient (Wildman–Crippen LogP) is 5.73. The van der Waals surface area contributed by atoms with Crippen molar-refractivity contribution in [1.82, 2.24) is 4.57 Å². The fourth-order valence-corrected chi connectivity index (χ4v) is 6.53. The van der Waals surface area contributed by atoms with Crippen LogP contribution in [-0.4, -0.2) is 24.2 Å². The van der Waals surface area contributed by atoms with Crippen LogP contribution in [0.15, 0.2) is 118 Å². The van der Waals surface area contributed by atoms with Crippen molar-refractivity contribution in [2.24, 2.45) is 4.99 Å². The molecule has 0 bridgehead atoms. The summed E-state index contributed by atoms with van der Waals surface area (Å²) >= 11 is 1.24. The lowest BCUT2D eigenvalue weighted by atomic mass is 9.95. The summed E-state index contributed by atoms with van der Waals surface area (Å²) in [5, 5.41) is 12.1. The Morgan fingerprint density at radius 2 is 1.75 bits per heavy atom. The molecule has 240 valence electrons. The van der Waals surface area contributed by atoms with E-state index in [-0.39, 0.29) is 18.1 Å². The monoisotopic (exact) mass is 656 g/mol. The summed E-state index contributed by atoms with van der Waals surface area (Å²) in [5.41, 5.74) is 4.05. The van der Waals surface area contributed by atoms with Crippen LogP contribution in [0.4, 0.5) is 5.69 Å². The largest absolute Gasteiger partial charge is 0.494 e. The second kappa shape index (κ2) is 14.2. The number of fused-ring (bicyclic) bond motifs is 1. The second-order valence-electron chi connectivity index (χ2n) is 10.9. The highest BCUT2D eigenvalue weighted by molar-refractivity contribution is 7.07. The summed E-state index contributed by atoms with van der Waals surface area (Å²) in [6.45, 7) is 4.44. The summed E-state index contributed by atoms with van der Waals surface area (Å²) in [7, 11) is 1.56. The summed E-state index contributed by atoms with van der Waals surface area (Å²) in [5.74, 6) is 1.32. The molecule has 10 heteroatoms. The van der Waals surface area contributed by atoms with E-state index in [2.05, 4.69) is 11.4 Å². The van der Waals surface area contributed by atoms with Crippen LogP contribution in [0.25, 0.3) is 6.08 Å². The fourth-order valence-electron chi connectivity index (χ4n) is 5.49. The Morgan fingerprint density at radius 1 is 1.00 bits per heavy atom. The number of nitrogens with one attached hydrogen (secondary N) is 1. The Bertz CT molecular complexity index is 2210. The van der Waals surface area contributed by atoms with E-state index in [0.717, 1.165) is 11.1 Å². The maximum Gasteiger partial charge on any atom is 0.271 e. The smallest absolute Gasteiger partial charge is 0.271 e. The van der Waals surface area contributed by atoms with Crippen molar-refractivity contribution in [3.63, 3.8) is 0 Å². The molecule has 1 aliphatic rings. The van der Waals surface area contributed by atoms with Gasteiger partial charge < -0.3 is 19.5 Å². The zero-order chi connectivity index (χ0) is 33.6. The minimum atomic E-state index is -0.736. The molecule has 9 nitrogen and oxygen atoms in total. The molecule has 1 atom stereocenters. The van der Waals surface area contributed by atoms with Gasteiger partial charge in [0.05, 0.1) is 47.2 Å². The van der Waals surface area contributed by atoms with Gasteiger partial charge in [-0.05, 0) is 73.5 Å². The van der Waals surface area contributed by atoms with Crippen molar-refractivity contribution >= 4 is 29.0 Å². The molecule has 0 spiro atoms. The molecule has 5 aromatic rings. The number of para-hydroxylation sites is 2. The Kier molecular flexibility index (Phi) is 9.50. The zero-order valence-corrected chi connectivity index (χ0v) is 27.4. The molecule has 2 heterocycles. The molecule has 0 fully saturated rings. The van der Waals surface area contributed by atoms with Crippen LogP contribution in [0, 0.1) is 11.3 Å². The van der Waals surface area contributed by atoms with Gasteiger partial charge in [-0.3, -0.25) is 14.2 Å².